The van der Waals surface area contributed by atoms with Gasteiger partial charge in [0.1, 0.15) is 6.10 Å². The molecule has 0 spiro atoms. The lowest BCUT2D eigenvalue weighted by Gasteiger charge is -2.16. The van der Waals surface area contributed by atoms with Crippen LogP contribution in [-0.4, -0.2) is 37.0 Å². The number of carbonyl (C=O) groups is 1. The average molecular weight is 771 g/mol. The molecule has 0 heterocycles. The Morgan fingerprint density at radius 3 is 1.20 bits per heavy atom. The molecule has 1 N–H and O–H groups in total. The molecule has 0 aromatic carbocycles. The van der Waals surface area contributed by atoms with E-state index in [0.29, 0.717) is 13.0 Å². The first-order valence-corrected chi connectivity index (χ1v) is 24.2. The van der Waals surface area contributed by atoms with E-state index in [9.17, 15) is 9.90 Å². The van der Waals surface area contributed by atoms with Gasteiger partial charge in [-0.15, -0.1) is 0 Å². The number of aliphatic hydroxyl groups excluding tert-OH is 1. The highest BCUT2D eigenvalue weighted by atomic mass is 16.6. The molecule has 0 rings (SSSR count). The van der Waals surface area contributed by atoms with Gasteiger partial charge in [-0.2, -0.15) is 0 Å². The summed E-state index contributed by atoms with van der Waals surface area (Å²) in [5.41, 5.74) is 0. The fraction of sp³-hybridized carbons (Fsp3) is 0.824. The van der Waals surface area contributed by atoms with Gasteiger partial charge in [0.2, 0.25) is 0 Å². The van der Waals surface area contributed by atoms with Crippen molar-refractivity contribution >= 4 is 5.97 Å². The molecule has 0 aromatic rings. The Bertz CT molecular complexity index is 859. The molecule has 0 fully saturated rings. The van der Waals surface area contributed by atoms with Crippen LogP contribution in [0.5, 0.6) is 0 Å². The Labute approximate surface area is 343 Å². The standard InChI is InChI=1S/C51H94O4/c1-3-5-7-9-11-13-15-17-19-21-23-25-26-27-28-30-32-34-36-38-40-42-44-46-51(53)55-50(48-52)49-54-47-45-43-41-39-37-35-33-31-29-24-22-20-18-16-14-12-10-8-6-4-2/h12,14,18,20-21,23-24,29,50,52H,3-11,13,15-17,19,22,25-28,30-49H2,1-2H3/b14-12-,20-18-,23-21-,29-24-. The van der Waals surface area contributed by atoms with E-state index < -0.39 is 6.10 Å². The van der Waals surface area contributed by atoms with Gasteiger partial charge in [-0.25, -0.2) is 0 Å². The Kier molecular flexibility index (Phi) is 47.0. The maximum Gasteiger partial charge on any atom is 0.306 e. The topological polar surface area (TPSA) is 55.8 Å². The molecule has 322 valence electrons. The summed E-state index contributed by atoms with van der Waals surface area (Å²) >= 11 is 0. The summed E-state index contributed by atoms with van der Waals surface area (Å²) in [6, 6.07) is 0. The molecule has 1 unspecified atom stereocenters. The summed E-state index contributed by atoms with van der Waals surface area (Å²) in [5.74, 6) is -0.203. The van der Waals surface area contributed by atoms with Crippen LogP contribution in [0.2, 0.25) is 0 Å². The van der Waals surface area contributed by atoms with Gasteiger partial charge >= 0.3 is 5.97 Å². The molecular weight excluding hydrogens is 677 g/mol. The van der Waals surface area contributed by atoms with E-state index in [1.165, 1.54) is 193 Å². The summed E-state index contributed by atoms with van der Waals surface area (Å²) in [4.78, 5) is 12.3. The minimum Gasteiger partial charge on any atom is -0.457 e. The molecule has 0 bridgehead atoms. The Balaban J connectivity index is 3.43. The summed E-state index contributed by atoms with van der Waals surface area (Å²) in [6.45, 7) is 5.32. The van der Waals surface area contributed by atoms with E-state index >= 15 is 0 Å². The van der Waals surface area contributed by atoms with E-state index in [2.05, 4.69) is 62.5 Å². The fourth-order valence-corrected chi connectivity index (χ4v) is 6.98. The van der Waals surface area contributed by atoms with Crippen molar-refractivity contribution < 1.29 is 19.4 Å². The highest BCUT2D eigenvalue weighted by Gasteiger charge is 2.13. The third-order valence-electron chi connectivity index (χ3n) is 10.6. The van der Waals surface area contributed by atoms with Crippen molar-refractivity contribution in [3.63, 3.8) is 0 Å². The van der Waals surface area contributed by atoms with Crippen molar-refractivity contribution in [1.29, 1.82) is 0 Å². The molecule has 0 saturated carbocycles. The number of unbranched alkanes of at least 4 members (excludes halogenated alkanes) is 29. The second kappa shape index (κ2) is 48.5. The van der Waals surface area contributed by atoms with Crippen LogP contribution in [0.4, 0.5) is 0 Å². The van der Waals surface area contributed by atoms with E-state index in [-0.39, 0.29) is 19.2 Å². The number of allylic oxidation sites excluding steroid dienone is 8. The van der Waals surface area contributed by atoms with Crippen molar-refractivity contribution in [2.75, 3.05) is 19.8 Å². The SMILES string of the molecule is CCCCC/C=C\C/C=C\C/C=C\CCCCCCCCCOCC(CO)OC(=O)CCCCCCCCCCCCC/C=C\CCCCCCCCCC. The predicted molar refractivity (Wildman–Crippen MR) is 242 cm³/mol. The number of ether oxygens (including phenoxy) is 2. The maximum absolute atomic E-state index is 12.3. The van der Waals surface area contributed by atoms with Crippen LogP contribution < -0.4 is 0 Å². The van der Waals surface area contributed by atoms with Crippen LogP contribution in [-0.2, 0) is 14.3 Å². The first-order valence-electron chi connectivity index (χ1n) is 24.2. The van der Waals surface area contributed by atoms with Crippen molar-refractivity contribution in [2.45, 2.75) is 251 Å². The molecule has 0 aliphatic rings. The fourth-order valence-electron chi connectivity index (χ4n) is 6.98. The zero-order valence-corrected chi connectivity index (χ0v) is 36.9. The molecule has 55 heavy (non-hydrogen) atoms. The Morgan fingerprint density at radius 1 is 0.436 bits per heavy atom. The smallest absolute Gasteiger partial charge is 0.306 e. The van der Waals surface area contributed by atoms with Crippen LogP contribution >= 0.6 is 0 Å². The van der Waals surface area contributed by atoms with Crippen LogP contribution in [0, 0.1) is 0 Å². The second-order valence-electron chi connectivity index (χ2n) is 16.2. The third kappa shape index (κ3) is 46.6. The van der Waals surface area contributed by atoms with Gasteiger partial charge in [-0.3, -0.25) is 4.79 Å². The lowest BCUT2D eigenvalue weighted by Crippen LogP contribution is -2.27. The number of hydrogen-bond donors (Lipinski definition) is 1. The Hall–Kier alpha value is -1.65. The van der Waals surface area contributed by atoms with E-state index in [1.54, 1.807) is 0 Å². The highest BCUT2D eigenvalue weighted by molar-refractivity contribution is 5.69. The van der Waals surface area contributed by atoms with Crippen molar-refractivity contribution in [3.8, 4) is 0 Å². The van der Waals surface area contributed by atoms with E-state index in [1.807, 2.05) is 0 Å². The number of hydrogen-bond acceptors (Lipinski definition) is 4. The minimum atomic E-state index is -0.541. The van der Waals surface area contributed by atoms with Gasteiger partial charge < -0.3 is 14.6 Å². The quantitative estimate of drug-likeness (QED) is 0.0381. The van der Waals surface area contributed by atoms with Gasteiger partial charge in [-0.1, -0.05) is 210 Å². The van der Waals surface area contributed by atoms with Gasteiger partial charge in [0.05, 0.1) is 13.2 Å². The predicted octanol–water partition coefficient (Wildman–Crippen LogP) is 16.2. The van der Waals surface area contributed by atoms with Crippen molar-refractivity contribution in [2.24, 2.45) is 0 Å². The van der Waals surface area contributed by atoms with Crippen LogP contribution in [0.25, 0.3) is 0 Å². The molecule has 4 heteroatoms. The largest absolute Gasteiger partial charge is 0.457 e. The Morgan fingerprint density at radius 2 is 0.764 bits per heavy atom. The molecule has 0 radical (unpaired) electrons. The first-order chi connectivity index (χ1) is 27.2. The molecular formula is C51H94O4. The third-order valence-corrected chi connectivity index (χ3v) is 10.6. The summed E-state index contributed by atoms with van der Waals surface area (Å²) < 4.78 is 11.2. The van der Waals surface area contributed by atoms with E-state index in [0.717, 1.165) is 32.1 Å². The molecule has 0 amide bonds. The molecule has 0 aliphatic heterocycles. The molecule has 0 saturated heterocycles. The molecule has 1 atom stereocenters. The van der Waals surface area contributed by atoms with Crippen molar-refractivity contribution in [3.05, 3.63) is 48.6 Å². The lowest BCUT2D eigenvalue weighted by molar-refractivity contribution is -0.154. The highest BCUT2D eigenvalue weighted by Crippen LogP contribution is 2.15. The van der Waals surface area contributed by atoms with Crippen molar-refractivity contribution in [1.82, 2.24) is 0 Å². The number of rotatable bonds is 45. The summed E-state index contributed by atoms with van der Waals surface area (Å²) in [6.07, 6.45) is 63.3. The maximum atomic E-state index is 12.3. The van der Waals surface area contributed by atoms with Crippen LogP contribution in [0.15, 0.2) is 48.6 Å². The lowest BCUT2D eigenvalue weighted by atomic mass is 10.0. The molecule has 0 aromatic heterocycles. The normalized spacial score (nSPS) is 12.7. The van der Waals surface area contributed by atoms with E-state index in [4.69, 9.17) is 9.47 Å². The minimum absolute atomic E-state index is 0.176. The number of esters is 1. The van der Waals surface area contributed by atoms with Crippen LogP contribution in [0.1, 0.15) is 245 Å². The van der Waals surface area contributed by atoms with Gasteiger partial charge in [0.15, 0.2) is 0 Å². The van der Waals surface area contributed by atoms with Gasteiger partial charge in [0.25, 0.3) is 0 Å². The molecule has 0 aliphatic carbocycles. The zero-order valence-electron chi connectivity index (χ0n) is 36.9. The first kappa shape index (κ1) is 53.4. The van der Waals surface area contributed by atoms with Gasteiger partial charge in [-0.05, 0) is 77.0 Å². The number of carbonyl (C=O) groups excluding carboxylic acids is 1. The monoisotopic (exact) mass is 771 g/mol. The van der Waals surface area contributed by atoms with Gasteiger partial charge in [0, 0.05) is 13.0 Å². The zero-order chi connectivity index (χ0) is 39.8. The second-order valence-corrected chi connectivity index (χ2v) is 16.2. The number of aliphatic hydroxyl groups is 1. The average Bonchev–Trinajstić information content (AvgIpc) is 3.19. The summed E-state index contributed by atoms with van der Waals surface area (Å²) in [5, 5.41) is 9.63. The van der Waals surface area contributed by atoms with Crippen LogP contribution in [0.3, 0.4) is 0 Å². The summed E-state index contributed by atoms with van der Waals surface area (Å²) in [7, 11) is 0. The molecule has 4 nitrogen and oxygen atoms in total.